The minimum absolute atomic E-state index is 0.683. The van der Waals surface area contributed by atoms with Gasteiger partial charge in [0.15, 0.2) is 0 Å². The maximum absolute atomic E-state index is 8.88. The van der Waals surface area contributed by atoms with E-state index in [9.17, 15) is 0 Å². The van der Waals surface area contributed by atoms with Crippen LogP contribution in [0.15, 0.2) is 50.7 Å². The fourth-order valence-electron chi connectivity index (χ4n) is 1.68. The van der Waals surface area contributed by atoms with Crippen LogP contribution in [0.25, 0.3) is 0 Å². The molecule has 0 aliphatic rings. The summed E-state index contributed by atoms with van der Waals surface area (Å²) in [4.78, 5) is 2.17. The minimum Gasteiger partial charge on any atom is -0.496 e. The van der Waals surface area contributed by atoms with Gasteiger partial charge in [-0.2, -0.15) is 5.26 Å². The molecule has 0 unspecified atom stereocenters. The van der Waals surface area contributed by atoms with Crippen molar-refractivity contribution in [2.24, 2.45) is 0 Å². The van der Waals surface area contributed by atoms with Crippen molar-refractivity contribution in [3.63, 3.8) is 0 Å². The molecule has 2 nitrogen and oxygen atoms in total. The van der Waals surface area contributed by atoms with Crippen LogP contribution in [0.5, 0.6) is 5.75 Å². The number of nitriles is 1. The van der Waals surface area contributed by atoms with Gasteiger partial charge in [-0.3, -0.25) is 0 Å². The highest BCUT2D eigenvalue weighted by atomic mass is 79.9. The van der Waals surface area contributed by atoms with Crippen LogP contribution in [-0.4, -0.2) is 7.11 Å². The number of methoxy groups -OCH3 is 1. The molecule has 19 heavy (non-hydrogen) atoms. The van der Waals surface area contributed by atoms with E-state index < -0.39 is 0 Å². The van der Waals surface area contributed by atoms with Crippen LogP contribution < -0.4 is 4.74 Å². The second-order valence-corrected chi connectivity index (χ2v) is 5.99. The van der Waals surface area contributed by atoms with Crippen molar-refractivity contribution in [2.75, 3.05) is 7.11 Å². The highest BCUT2D eigenvalue weighted by Crippen LogP contribution is 2.38. The van der Waals surface area contributed by atoms with E-state index in [1.165, 1.54) is 0 Å². The van der Waals surface area contributed by atoms with E-state index in [1.54, 1.807) is 18.9 Å². The Morgan fingerprint density at radius 3 is 2.58 bits per heavy atom. The zero-order valence-corrected chi connectivity index (χ0v) is 13.0. The van der Waals surface area contributed by atoms with Crippen molar-refractivity contribution in [3.05, 3.63) is 52.0 Å². The van der Waals surface area contributed by atoms with Gasteiger partial charge in [-0.05, 0) is 48.9 Å². The Morgan fingerprint density at radius 1 is 1.16 bits per heavy atom. The number of hydrogen-bond acceptors (Lipinski definition) is 3. The summed E-state index contributed by atoms with van der Waals surface area (Å²) in [6, 6.07) is 13.8. The molecule has 2 rings (SSSR count). The van der Waals surface area contributed by atoms with Crippen LogP contribution >= 0.6 is 27.7 Å². The zero-order valence-electron chi connectivity index (χ0n) is 10.6. The van der Waals surface area contributed by atoms with Crippen molar-refractivity contribution in [2.45, 2.75) is 16.7 Å². The summed E-state index contributed by atoms with van der Waals surface area (Å²) in [5, 5.41) is 8.88. The van der Waals surface area contributed by atoms with Crippen molar-refractivity contribution in [1.82, 2.24) is 0 Å². The van der Waals surface area contributed by atoms with Crippen molar-refractivity contribution in [1.29, 1.82) is 5.26 Å². The molecule has 0 aromatic heterocycles. The zero-order chi connectivity index (χ0) is 13.8. The second kappa shape index (κ2) is 6.14. The number of halogens is 1. The molecule has 0 atom stereocenters. The van der Waals surface area contributed by atoms with Crippen LogP contribution in [0.2, 0.25) is 0 Å². The molecule has 0 aliphatic heterocycles. The van der Waals surface area contributed by atoms with Crippen molar-refractivity contribution in [3.8, 4) is 11.8 Å². The lowest BCUT2D eigenvalue weighted by molar-refractivity contribution is 0.404. The van der Waals surface area contributed by atoms with Gasteiger partial charge >= 0.3 is 0 Å². The van der Waals surface area contributed by atoms with Gasteiger partial charge in [0, 0.05) is 9.37 Å². The van der Waals surface area contributed by atoms with Crippen LogP contribution in [-0.2, 0) is 0 Å². The summed E-state index contributed by atoms with van der Waals surface area (Å²) < 4.78 is 6.38. The quantitative estimate of drug-likeness (QED) is 0.809. The molecule has 0 amide bonds. The average Bonchev–Trinajstić information content (AvgIpc) is 2.41. The van der Waals surface area contributed by atoms with Gasteiger partial charge in [0.2, 0.25) is 0 Å². The predicted octanol–water partition coefficient (Wildman–Crippen LogP) is 4.79. The van der Waals surface area contributed by atoms with E-state index >= 15 is 0 Å². The van der Waals surface area contributed by atoms with E-state index in [0.29, 0.717) is 5.56 Å². The Labute approximate surface area is 125 Å². The number of rotatable bonds is 3. The van der Waals surface area contributed by atoms with E-state index in [0.717, 1.165) is 25.6 Å². The van der Waals surface area contributed by atoms with Crippen LogP contribution in [0, 0.1) is 18.3 Å². The average molecular weight is 334 g/mol. The maximum atomic E-state index is 8.88. The molecule has 2 aromatic rings. The Bertz CT molecular complexity index is 649. The van der Waals surface area contributed by atoms with Gasteiger partial charge in [0.1, 0.15) is 5.75 Å². The lowest BCUT2D eigenvalue weighted by Gasteiger charge is -2.10. The topological polar surface area (TPSA) is 33.0 Å². The first-order valence-corrected chi connectivity index (χ1v) is 7.27. The molecular weight excluding hydrogens is 322 g/mol. The number of benzene rings is 2. The maximum Gasteiger partial charge on any atom is 0.132 e. The molecule has 96 valence electrons. The van der Waals surface area contributed by atoms with E-state index in [1.807, 2.05) is 43.3 Å². The van der Waals surface area contributed by atoms with Gasteiger partial charge in [0.05, 0.1) is 23.6 Å². The molecule has 0 bridgehead atoms. The Balaban J connectivity index is 2.36. The minimum atomic E-state index is 0.683. The first-order chi connectivity index (χ1) is 9.13. The van der Waals surface area contributed by atoms with Crippen LogP contribution in [0.4, 0.5) is 0 Å². The number of aryl methyl sites for hydroxylation is 1. The smallest absolute Gasteiger partial charge is 0.132 e. The fourth-order valence-corrected chi connectivity index (χ4v) is 3.23. The molecule has 0 heterocycles. The summed E-state index contributed by atoms with van der Waals surface area (Å²) in [7, 11) is 1.67. The van der Waals surface area contributed by atoms with Gasteiger partial charge < -0.3 is 4.74 Å². The molecule has 0 N–H and O–H groups in total. The van der Waals surface area contributed by atoms with Crippen LogP contribution in [0.1, 0.15) is 11.1 Å². The van der Waals surface area contributed by atoms with Crippen molar-refractivity contribution >= 4 is 27.7 Å². The Hall–Kier alpha value is -1.44. The summed E-state index contributed by atoms with van der Waals surface area (Å²) in [5.74, 6) is 0.844. The first-order valence-electron chi connectivity index (χ1n) is 5.66. The summed E-state index contributed by atoms with van der Waals surface area (Å²) >= 11 is 5.10. The van der Waals surface area contributed by atoms with Gasteiger partial charge in [-0.1, -0.05) is 27.7 Å². The molecule has 0 aliphatic carbocycles. The van der Waals surface area contributed by atoms with Gasteiger partial charge in [0.25, 0.3) is 0 Å². The summed E-state index contributed by atoms with van der Waals surface area (Å²) in [6.45, 7) is 2.01. The molecule has 0 spiro atoms. The van der Waals surface area contributed by atoms with Gasteiger partial charge in [-0.25, -0.2) is 0 Å². The third-order valence-electron chi connectivity index (χ3n) is 2.65. The molecule has 0 radical (unpaired) electrons. The third-order valence-corrected chi connectivity index (χ3v) is 4.36. The lowest BCUT2D eigenvalue weighted by Crippen LogP contribution is -1.87. The number of hydrogen-bond donors (Lipinski definition) is 0. The van der Waals surface area contributed by atoms with Crippen molar-refractivity contribution < 1.29 is 4.74 Å². The Kier molecular flexibility index (Phi) is 4.52. The third kappa shape index (κ3) is 3.31. The lowest BCUT2D eigenvalue weighted by atomic mass is 10.2. The van der Waals surface area contributed by atoms with E-state index in [4.69, 9.17) is 10.00 Å². The van der Waals surface area contributed by atoms with Crippen LogP contribution in [0.3, 0.4) is 0 Å². The Morgan fingerprint density at radius 2 is 1.95 bits per heavy atom. The largest absolute Gasteiger partial charge is 0.496 e. The van der Waals surface area contributed by atoms with E-state index in [2.05, 4.69) is 22.0 Å². The number of ether oxygens (including phenoxy) is 1. The monoisotopic (exact) mass is 333 g/mol. The predicted molar refractivity (Wildman–Crippen MR) is 80.7 cm³/mol. The molecule has 0 saturated carbocycles. The molecular formula is C15H12BrNOS. The molecule has 2 aromatic carbocycles. The highest BCUT2D eigenvalue weighted by molar-refractivity contribution is 9.10. The highest BCUT2D eigenvalue weighted by Gasteiger charge is 2.08. The van der Waals surface area contributed by atoms with E-state index in [-0.39, 0.29) is 0 Å². The first kappa shape index (κ1) is 14.0. The van der Waals surface area contributed by atoms with Gasteiger partial charge in [-0.15, -0.1) is 0 Å². The number of nitrogens with zero attached hydrogens (tertiary/aromatic N) is 1. The summed E-state index contributed by atoms with van der Waals surface area (Å²) in [5.41, 5.74) is 1.77. The molecule has 0 fully saturated rings. The normalized spacial score (nSPS) is 10.0. The second-order valence-electron chi connectivity index (χ2n) is 3.99. The SMILES string of the molecule is COc1ccc(Br)cc1Sc1ccc(C#N)cc1C. The summed E-state index contributed by atoms with van der Waals surface area (Å²) in [6.07, 6.45) is 0. The molecule has 0 saturated heterocycles. The fraction of sp³-hybridized carbons (Fsp3) is 0.133. The molecule has 4 heteroatoms. The standard InChI is InChI=1S/C15H12BrNOS/c1-10-7-11(9-17)3-6-14(10)19-15-8-12(16)4-5-13(15)18-2/h3-8H,1-2H3.